The van der Waals surface area contributed by atoms with E-state index in [0.717, 1.165) is 12.1 Å². The first-order valence-corrected chi connectivity index (χ1v) is 6.07. The number of rotatable bonds is 7. The predicted octanol–water partition coefficient (Wildman–Crippen LogP) is 2.07. The van der Waals surface area contributed by atoms with Crippen LogP contribution in [0.1, 0.15) is 12.5 Å². The maximum absolute atomic E-state index is 11.2. The molecule has 1 rings (SSSR count). The van der Waals surface area contributed by atoms with Gasteiger partial charge in [0.25, 0.3) is 0 Å². The van der Waals surface area contributed by atoms with Crippen LogP contribution in [0.15, 0.2) is 24.3 Å². The van der Waals surface area contributed by atoms with Crippen molar-refractivity contribution < 1.29 is 24.3 Å². The summed E-state index contributed by atoms with van der Waals surface area (Å²) in [5.74, 6) is -0.684. The number of carbonyl (C=O) groups excluding carboxylic acids is 1. The molecular formula is C12H11N3O8. The average molecular weight is 325 g/mol. The Morgan fingerprint density at radius 2 is 1.57 bits per heavy atom. The molecule has 0 heterocycles. The van der Waals surface area contributed by atoms with E-state index in [2.05, 4.69) is 6.58 Å². The zero-order valence-corrected chi connectivity index (χ0v) is 11.9. The van der Waals surface area contributed by atoms with E-state index < -0.39 is 37.8 Å². The molecule has 0 aromatic heterocycles. The Balaban J connectivity index is 3.18. The minimum Gasteiger partial charge on any atom is -0.462 e. The first-order chi connectivity index (χ1) is 10.6. The smallest absolute Gasteiger partial charge is 0.422 e. The van der Waals surface area contributed by atoms with E-state index in [1.165, 1.54) is 6.92 Å². The van der Waals surface area contributed by atoms with Crippen LogP contribution in [0.3, 0.4) is 0 Å². The second kappa shape index (κ2) is 7.06. The summed E-state index contributed by atoms with van der Waals surface area (Å²) >= 11 is 0. The number of nitro benzene ring substituents is 3. The normalized spacial score (nSPS) is 9.96. The van der Waals surface area contributed by atoms with E-state index >= 15 is 0 Å². The summed E-state index contributed by atoms with van der Waals surface area (Å²) < 4.78 is 4.77. The van der Waals surface area contributed by atoms with Gasteiger partial charge in [-0.2, -0.15) is 0 Å². The Hall–Kier alpha value is -3.37. The summed E-state index contributed by atoms with van der Waals surface area (Å²) in [5.41, 5.74) is -2.98. The van der Waals surface area contributed by atoms with Crippen LogP contribution >= 0.6 is 0 Å². The fourth-order valence-electron chi connectivity index (χ4n) is 1.66. The zero-order chi connectivity index (χ0) is 17.7. The molecule has 0 N–H and O–H groups in total. The van der Waals surface area contributed by atoms with Crippen molar-refractivity contribution in [2.75, 3.05) is 6.61 Å². The monoisotopic (exact) mass is 325 g/mol. The molecule has 1 aromatic rings. The molecule has 0 spiro atoms. The molecule has 0 radical (unpaired) electrons. The van der Waals surface area contributed by atoms with E-state index in [0.29, 0.717) is 0 Å². The second-order valence-electron chi connectivity index (χ2n) is 4.42. The van der Waals surface area contributed by atoms with Crippen LogP contribution in [0, 0.1) is 30.3 Å². The SMILES string of the molecule is C=C(C)C(=O)OCCc1cc([N+](=O)[O-])c([N+](=O)[O-])c([N+](=O)[O-])c1. The lowest BCUT2D eigenvalue weighted by Gasteiger charge is -2.05. The highest BCUT2D eigenvalue weighted by Gasteiger charge is 2.36. The van der Waals surface area contributed by atoms with Gasteiger partial charge in [0.15, 0.2) is 0 Å². The lowest BCUT2D eigenvalue weighted by atomic mass is 10.1. The molecule has 11 heteroatoms. The van der Waals surface area contributed by atoms with E-state index in [1.807, 2.05) is 0 Å². The van der Waals surface area contributed by atoms with Crippen molar-refractivity contribution in [2.45, 2.75) is 13.3 Å². The van der Waals surface area contributed by atoms with Crippen molar-refractivity contribution >= 4 is 23.0 Å². The topological polar surface area (TPSA) is 156 Å². The van der Waals surface area contributed by atoms with Crippen LogP contribution in [0.25, 0.3) is 0 Å². The van der Waals surface area contributed by atoms with Gasteiger partial charge in [0.1, 0.15) is 0 Å². The van der Waals surface area contributed by atoms with Crippen molar-refractivity contribution in [3.63, 3.8) is 0 Å². The van der Waals surface area contributed by atoms with Gasteiger partial charge in [0, 0.05) is 24.1 Å². The van der Waals surface area contributed by atoms with Gasteiger partial charge in [-0.05, 0) is 12.5 Å². The van der Waals surface area contributed by atoms with E-state index in [4.69, 9.17) is 4.74 Å². The Bertz CT molecular complexity index is 677. The summed E-state index contributed by atoms with van der Waals surface area (Å²) in [7, 11) is 0. The lowest BCUT2D eigenvalue weighted by Crippen LogP contribution is -2.09. The van der Waals surface area contributed by atoms with Crippen LogP contribution in [-0.2, 0) is 16.0 Å². The van der Waals surface area contributed by atoms with Crippen molar-refractivity contribution in [3.05, 3.63) is 60.2 Å². The highest BCUT2D eigenvalue weighted by molar-refractivity contribution is 5.86. The number of hydrogen-bond acceptors (Lipinski definition) is 8. The third-order valence-electron chi connectivity index (χ3n) is 2.68. The first kappa shape index (κ1) is 17.7. The molecule has 0 aliphatic heterocycles. The molecule has 11 nitrogen and oxygen atoms in total. The molecule has 1 aromatic carbocycles. The van der Waals surface area contributed by atoms with Gasteiger partial charge >= 0.3 is 23.0 Å². The van der Waals surface area contributed by atoms with Crippen LogP contribution < -0.4 is 0 Å². The summed E-state index contributed by atoms with van der Waals surface area (Å²) in [4.78, 5) is 40.5. The Labute approximate surface area is 128 Å². The van der Waals surface area contributed by atoms with Crippen LogP contribution in [0.4, 0.5) is 17.1 Å². The van der Waals surface area contributed by atoms with Gasteiger partial charge < -0.3 is 4.74 Å². The molecule has 0 amide bonds. The molecule has 0 saturated carbocycles. The number of benzene rings is 1. The molecular weight excluding hydrogens is 314 g/mol. The predicted molar refractivity (Wildman–Crippen MR) is 75.9 cm³/mol. The molecule has 23 heavy (non-hydrogen) atoms. The summed E-state index contributed by atoms with van der Waals surface area (Å²) in [6.45, 7) is 4.57. The molecule has 0 bridgehead atoms. The number of carbonyl (C=O) groups is 1. The van der Waals surface area contributed by atoms with Crippen molar-refractivity contribution in [1.29, 1.82) is 0 Å². The fraction of sp³-hybridized carbons (Fsp3) is 0.250. The van der Waals surface area contributed by atoms with Gasteiger partial charge in [0.2, 0.25) is 0 Å². The molecule has 122 valence electrons. The van der Waals surface area contributed by atoms with Gasteiger partial charge in [0.05, 0.1) is 21.4 Å². The lowest BCUT2D eigenvalue weighted by molar-refractivity contribution is -0.441. The number of esters is 1. The summed E-state index contributed by atoms with van der Waals surface area (Å²) in [6.07, 6.45) is -0.0846. The summed E-state index contributed by atoms with van der Waals surface area (Å²) in [6, 6.07) is 1.69. The number of nitro groups is 3. The minimum absolute atomic E-state index is 0.0588. The molecule has 0 aliphatic rings. The van der Waals surface area contributed by atoms with E-state index in [9.17, 15) is 35.1 Å². The van der Waals surface area contributed by atoms with Crippen LogP contribution in [0.2, 0.25) is 0 Å². The standard InChI is InChI=1S/C12H11N3O8/c1-7(2)12(16)23-4-3-8-5-9(13(17)18)11(15(21)22)10(6-8)14(19)20/h5-6H,1,3-4H2,2H3. The van der Waals surface area contributed by atoms with Crippen molar-refractivity contribution in [1.82, 2.24) is 0 Å². The van der Waals surface area contributed by atoms with Crippen LogP contribution in [0.5, 0.6) is 0 Å². The zero-order valence-electron chi connectivity index (χ0n) is 11.9. The van der Waals surface area contributed by atoms with Crippen molar-refractivity contribution in [2.24, 2.45) is 0 Å². The highest BCUT2D eigenvalue weighted by Crippen LogP contribution is 2.37. The van der Waals surface area contributed by atoms with Gasteiger partial charge in [-0.25, -0.2) is 4.79 Å². The molecule has 0 fully saturated rings. The van der Waals surface area contributed by atoms with Gasteiger partial charge in [-0.3, -0.25) is 30.3 Å². The molecule has 0 aliphatic carbocycles. The third-order valence-corrected chi connectivity index (χ3v) is 2.68. The largest absolute Gasteiger partial charge is 0.462 e. The van der Waals surface area contributed by atoms with Gasteiger partial charge in [-0.1, -0.05) is 6.58 Å². The quantitative estimate of drug-likeness (QED) is 0.319. The van der Waals surface area contributed by atoms with E-state index in [1.54, 1.807) is 0 Å². The third kappa shape index (κ3) is 4.30. The summed E-state index contributed by atoms with van der Waals surface area (Å²) in [5, 5.41) is 32.7. The average Bonchev–Trinajstić information content (AvgIpc) is 2.45. The Kier molecular flexibility index (Phi) is 5.43. The Morgan fingerprint density at radius 1 is 1.09 bits per heavy atom. The molecule has 0 unspecified atom stereocenters. The fourth-order valence-corrected chi connectivity index (χ4v) is 1.66. The Morgan fingerprint density at radius 3 is 1.91 bits per heavy atom. The minimum atomic E-state index is -1.19. The molecule has 0 saturated heterocycles. The van der Waals surface area contributed by atoms with Gasteiger partial charge in [-0.15, -0.1) is 0 Å². The maximum Gasteiger partial charge on any atom is 0.422 e. The number of nitrogens with zero attached hydrogens (tertiary/aromatic N) is 3. The number of hydrogen-bond donors (Lipinski definition) is 0. The second-order valence-corrected chi connectivity index (χ2v) is 4.42. The van der Waals surface area contributed by atoms with E-state index in [-0.39, 0.29) is 24.2 Å². The van der Waals surface area contributed by atoms with Crippen molar-refractivity contribution in [3.8, 4) is 0 Å². The first-order valence-electron chi connectivity index (χ1n) is 6.07. The maximum atomic E-state index is 11.2. The number of ether oxygens (including phenoxy) is 1. The molecule has 0 atom stereocenters. The highest BCUT2D eigenvalue weighted by atomic mass is 16.6. The van der Waals surface area contributed by atoms with Crippen LogP contribution in [-0.4, -0.2) is 27.3 Å².